The van der Waals surface area contributed by atoms with Crippen molar-refractivity contribution in [2.24, 2.45) is 0 Å². The molecule has 0 spiro atoms. The summed E-state index contributed by atoms with van der Waals surface area (Å²) in [4.78, 5) is 18.1. The third-order valence-corrected chi connectivity index (χ3v) is 5.72. The van der Waals surface area contributed by atoms with Crippen molar-refractivity contribution in [1.82, 2.24) is 0 Å². The molecule has 0 amide bonds. The van der Waals surface area contributed by atoms with Crippen LogP contribution in [0.5, 0.6) is 0 Å². The van der Waals surface area contributed by atoms with Crippen molar-refractivity contribution in [3.63, 3.8) is 0 Å². The minimum Gasteiger partial charge on any atom is -0.393 e. The van der Waals surface area contributed by atoms with Crippen molar-refractivity contribution in [1.29, 1.82) is 0 Å². The average molecular weight is 485 g/mol. The molecule has 0 bridgehead atoms. The fourth-order valence-corrected chi connectivity index (χ4v) is 3.81. The van der Waals surface area contributed by atoms with Crippen LogP contribution < -0.4 is 10.2 Å². The predicted molar refractivity (Wildman–Crippen MR) is 128 cm³/mol. The van der Waals surface area contributed by atoms with E-state index in [1.165, 1.54) is 6.07 Å². The number of piperidine rings is 1. The SMILES string of the molecule is C=C(Nc1cc(C)c(F)c(Cl)c1)c1ccc(Cl)c(N2CCC(O)(CO)CC2)c1.C=O.C=O. The first-order chi connectivity index (χ1) is 15.2. The Bertz CT molecular complexity index is 909. The van der Waals surface area contributed by atoms with Gasteiger partial charge in [-0.1, -0.05) is 35.8 Å². The van der Waals surface area contributed by atoms with Gasteiger partial charge in [-0.05, 0) is 55.2 Å². The number of nitrogens with zero attached hydrogens (tertiary/aromatic N) is 1. The summed E-state index contributed by atoms with van der Waals surface area (Å²) in [5.41, 5.74) is 2.38. The number of anilines is 2. The third-order valence-electron chi connectivity index (χ3n) is 5.13. The number of carbonyl (C=O) groups is 2. The Morgan fingerprint density at radius 3 is 2.25 bits per heavy atom. The molecule has 1 aliphatic heterocycles. The summed E-state index contributed by atoms with van der Waals surface area (Å²) in [5, 5.41) is 23.4. The molecule has 3 rings (SSSR count). The Morgan fingerprint density at radius 1 is 1.12 bits per heavy atom. The average Bonchev–Trinajstić information content (AvgIpc) is 2.81. The van der Waals surface area contributed by atoms with Crippen LogP contribution in [0.15, 0.2) is 36.9 Å². The molecule has 2 aromatic rings. The lowest BCUT2D eigenvalue weighted by Crippen LogP contribution is -2.46. The molecule has 0 radical (unpaired) electrons. The summed E-state index contributed by atoms with van der Waals surface area (Å²) < 4.78 is 13.7. The van der Waals surface area contributed by atoms with E-state index in [1.54, 1.807) is 19.1 Å². The maximum absolute atomic E-state index is 13.7. The van der Waals surface area contributed by atoms with E-state index in [1.807, 2.05) is 25.7 Å². The molecule has 174 valence electrons. The zero-order valence-corrected chi connectivity index (χ0v) is 19.3. The first-order valence-electron chi connectivity index (χ1n) is 9.60. The zero-order chi connectivity index (χ0) is 24.5. The van der Waals surface area contributed by atoms with Gasteiger partial charge in [0.2, 0.25) is 0 Å². The van der Waals surface area contributed by atoms with E-state index in [-0.39, 0.29) is 11.6 Å². The van der Waals surface area contributed by atoms with E-state index in [0.29, 0.717) is 47.9 Å². The van der Waals surface area contributed by atoms with E-state index in [2.05, 4.69) is 16.8 Å². The van der Waals surface area contributed by atoms with Gasteiger partial charge in [0.1, 0.15) is 19.4 Å². The maximum atomic E-state index is 13.7. The van der Waals surface area contributed by atoms with Crippen LogP contribution in [-0.2, 0) is 9.59 Å². The number of halogens is 3. The Balaban J connectivity index is 0.00000121. The van der Waals surface area contributed by atoms with Crippen LogP contribution in [0.2, 0.25) is 10.0 Å². The Kier molecular flexibility index (Phi) is 10.8. The minimum atomic E-state index is -1.02. The van der Waals surface area contributed by atoms with Crippen LogP contribution in [-0.4, -0.2) is 49.1 Å². The largest absolute Gasteiger partial charge is 0.393 e. The Hall–Kier alpha value is -2.45. The standard InChI is InChI=1S/C21H23Cl2FN2O2.2CH2O/c1-13-9-16(11-18(23)20(13)24)25-14(2)15-3-4-17(22)19(10-15)26-7-5-21(28,12-27)6-8-26;2*1-2/h3-4,9-11,25,27-28H,2,5-8,12H2,1H3;2*1H2. The van der Waals surface area contributed by atoms with Crippen molar-refractivity contribution in [3.05, 3.63) is 63.9 Å². The number of aryl methyl sites for hydroxylation is 1. The molecule has 2 aromatic carbocycles. The monoisotopic (exact) mass is 484 g/mol. The van der Waals surface area contributed by atoms with Crippen molar-refractivity contribution in [2.45, 2.75) is 25.4 Å². The molecular weight excluding hydrogens is 458 g/mol. The summed E-state index contributed by atoms with van der Waals surface area (Å²) in [6.07, 6.45) is 0.938. The van der Waals surface area contributed by atoms with Crippen LogP contribution >= 0.6 is 23.2 Å². The van der Waals surface area contributed by atoms with Gasteiger partial charge in [0.25, 0.3) is 0 Å². The summed E-state index contributed by atoms with van der Waals surface area (Å²) in [7, 11) is 0. The molecule has 1 aliphatic rings. The van der Waals surface area contributed by atoms with Gasteiger partial charge >= 0.3 is 0 Å². The second-order valence-corrected chi connectivity index (χ2v) is 8.04. The fraction of sp³-hybridized carbons (Fsp3) is 0.304. The minimum absolute atomic E-state index is 0.0526. The summed E-state index contributed by atoms with van der Waals surface area (Å²) in [6.45, 7) is 10.7. The van der Waals surface area contributed by atoms with E-state index in [4.69, 9.17) is 32.8 Å². The number of carbonyl (C=O) groups excluding carboxylic acids is 2. The van der Waals surface area contributed by atoms with Gasteiger partial charge in [0, 0.05) is 24.5 Å². The third kappa shape index (κ3) is 6.77. The quantitative estimate of drug-likeness (QED) is 0.579. The topological polar surface area (TPSA) is 89.9 Å². The van der Waals surface area contributed by atoms with Crippen LogP contribution in [0, 0.1) is 12.7 Å². The smallest absolute Gasteiger partial charge is 0.144 e. The number of rotatable bonds is 5. The van der Waals surface area contributed by atoms with Crippen molar-refractivity contribution in [3.8, 4) is 0 Å². The summed E-state index contributed by atoms with van der Waals surface area (Å²) >= 11 is 12.3. The fourth-order valence-electron chi connectivity index (χ4n) is 3.31. The van der Waals surface area contributed by atoms with E-state index in [9.17, 15) is 14.6 Å². The van der Waals surface area contributed by atoms with Gasteiger partial charge < -0.3 is 30.0 Å². The Labute approximate surface area is 197 Å². The summed E-state index contributed by atoms with van der Waals surface area (Å²) in [5.74, 6) is -0.431. The number of benzene rings is 2. The number of aliphatic hydroxyl groups is 2. The van der Waals surface area contributed by atoms with Gasteiger partial charge in [-0.2, -0.15) is 0 Å². The molecule has 6 nitrogen and oxygen atoms in total. The normalized spacial score (nSPS) is 14.4. The first kappa shape index (κ1) is 27.6. The molecule has 1 saturated heterocycles. The molecule has 3 N–H and O–H groups in total. The molecule has 0 aromatic heterocycles. The van der Waals surface area contributed by atoms with E-state index >= 15 is 0 Å². The van der Waals surface area contributed by atoms with Crippen LogP contribution in [0.4, 0.5) is 15.8 Å². The highest BCUT2D eigenvalue weighted by molar-refractivity contribution is 6.33. The lowest BCUT2D eigenvalue weighted by molar-refractivity contribution is -0.0987. The molecular formula is C23H27Cl2FN2O4. The van der Waals surface area contributed by atoms with Crippen molar-refractivity contribution < 1.29 is 24.2 Å². The second-order valence-electron chi connectivity index (χ2n) is 7.23. The van der Waals surface area contributed by atoms with Crippen molar-refractivity contribution >= 4 is 53.9 Å². The van der Waals surface area contributed by atoms with Gasteiger partial charge in [-0.15, -0.1) is 0 Å². The van der Waals surface area contributed by atoms with E-state index in [0.717, 1.165) is 11.3 Å². The van der Waals surface area contributed by atoms with Gasteiger partial charge in [0.05, 0.1) is 27.9 Å². The maximum Gasteiger partial charge on any atom is 0.144 e. The van der Waals surface area contributed by atoms with Gasteiger partial charge in [-0.3, -0.25) is 0 Å². The number of aliphatic hydroxyl groups excluding tert-OH is 1. The number of hydrogen-bond acceptors (Lipinski definition) is 6. The molecule has 9 heteroatoms. The zero-order valence-electron chi connectivity index (χ0n) is 17.8. The molecule has 1 heterocycles. The molecule has 0 unspecified atom stereocenters. The van der Waals surface area contributed by atoms with Crippen molar-refractivity contribution in [2.75, 3.05) is 29.9 Å². The lowest BCUT2D eigenvalue weighted by Gasteiger charge is -2.38. The summed E-state index contributed by atoms with van der Waals surface area (Å²) in [6, 6.07) is 8.77. The highest BCUT2D eigenvalue weighted by atomic mass is 35.5. The van der Waals surface area contributed by atoms with Crippen LogP contribution in [0.1, 0.15) is 24.0 Å². The molecule has 0 aliphatic carbocycles. The molecule has 0 atom stereocenters. The lowest BCUT2D eigenvalue weighted by atomic mass is 9.92. The van der Waals surface area contributed by atoms with Crippen LogP contribution in [0.3, 0.4) is 0 Å². The van der Waals surface area contributed by atoms with Gasteiger partial charge in [0.15, 0.2) is 0 Å². The predicted octanol–water partition coefficient (Wildman–Crippen LogP) is 4.48. The molecule has 0 saturated carbocycles. The number of hydrogen-bond donors (Lipinski definition) is 3. The highest BCUT2D eigenvalue weighted by Crippen LogP contribution is 2.34. The molecule has 32 heavy (non-hydrogen) atoms. The van der Waals surface area contributed by atoms with Gasteiger partial charge in [-0.25, -0.2) is 4.39 Å². The number of nitrogens with one attached hydrogen (secondary N) is 1. The second kappa shape index (κ2) is 12.6. The van der Waals surface area contributed by atoms with E-state index < -0.39 is 11.4 Å². The molecule has 1 fully saturated rings. The van der Waals surface area contributed by atoms with Crippen LogP contribution in [0.25, 0.3) is 5.70 Å². The Morgan fingerprint density at radius 2 is 1.72 bits per heavy atom. The first-order valence-corrected chi connectivity index (χ1v) is 10.4. The highest BCUT2D eigenvalue weighted by Gasteiger charge is 2.32.